The van der Waals surface area contributed by atoms with E-state index in [0.29, 0.717) is 30.9 Å². The molecule has 0 saturated carbocycles. The van der Waals surface area contributed by atoms with Gasteiger partial charge in [0.05, 0.1) is 6.54 Å². The minimum atomic E-state index is -0.286. The SMILES string of the molecule is O=C(CCc1cccnc1)NCc1ccc(-c2ccc(F)cc2)o1. The van der Waals surface area contributed by atoms with Crippen molar-refractivity contribution in [2.24, 2.45) is 0 Å². The Labute approximate surface area is 139 Å². The van der Waals surface area contributed by atoms with Crippen LogP contribution in [0.5, 0.6) is 0 Å². The standard InChI is InChI=1S/C19H17FN2O2/c20-16-6-4-15(5-7-16)18-9-8-17(24-18)13-22-19(23)10-3-14-2-1-11-21-12-14/h1-2,4-9,11-12H,3,10,13H2,(H,22,23). The Kier molecular flexibility index (Phi) is 5.01. The Morgan fingerprint density at radius 1 is 1.12 bits per heavy atom. The smallest absolute Gasteiger partial charge is 0.220 e. The number of pyridine rings is 1. The number of furan rings is 1. The first-order valence-electron chi connectivity index (χ1n) is 7.71. The second kappa shape index (κ2) is 7.55. The molecular formula is C19H17FN2O2. The van der Waals surface area contributed by atoms with Crippen molar-refractivity contribution in [2.45, 2.75) is 19.4 Å². The summed E-state index contributed by atoms with van der Waals surface area (Å²) in [5.74, 6) is 0.976. The molecule has 0 unspecified atom stereocenters. The summed E-state index contributed by atoms with van der Waals surface area (Å²) in [7, 11) is 0. The number of carbonyl (C=O) groups excluding carboxylic acids is 1. The summed E-state index contributed by atoms with van der Waals surface area (Å²) in [5, 5.41) is 2.83. The third-order valence-corrected chi connectivity index (χ3v) is 3.61. The van der Waals surface area contributed by atoms with Gasteiger partial charge in [-0.3, -0.25) is 9.78 Å². The van der Waals surface area contributed by atoms with Crippen LogP contribution in [0.25, 0.3) is 11.3 Å². The van der Waals surface area contributed by atoms with Crippen molar-refractivity contribution >= 4 is 5.91 Å². The number of aryl methyl sites for hydroxylation is 1. The zero-order valence-corrected chi connectivity index (χ0v) is 13.0. The van der Waals surface area contributed by atoms with Crippen molar-refractivity contribution in [3.63, 3.8) is 0 Å². The van der Waals surface area contributed by atoms with Crippen LogP contribution >= 0.6 is 0 Å². The molecule has 2 aromatic heterocycles. The van der Waals surface area contributed by atoms with Gasteiger partial charge < -0.3 is 9.73 Å². The number of benzene rings is 1. The van der Waals surface area contributed by atoms with Crippen molar-refractivity contribution in [1.82, 2.24) is 10.3 Å². The highest BCUT2D eigenvalue weighted by molar-refractivity contribution is 5.76. The van der Waals surface area contributed by atoms with Gasteiger partial charge in [-0.2, -0.15) is 0 Å². The van der Waals surface area contributed by atoms with Crippen LogP contribution in [0.15, 0.2) is 65.3 Å². The summed E-state index contributed by atoms with van der Waals surface area (Å²) < 4.78 is 18.6. The molecular weight excluding hydrogens is 307 g/mol. The lowest BCUT2D eigenvalue weighted by Gasteiger charge is -2.03. The maximum absolute atomic E-state index is 12.9. The maximum atomic E-state index is 12.9. The molecule has 2 heterocycles. The van der Waals surface area contributed by atoms with Gasteiger partial charge in [-0.05, 0) is 54.4 Å². The van der Waals surface area contributed by atoms with Gasteiger partial charge in [-0.25, -0.2) is 4.39 Å². The van der Waals surface area contributed by atoms with E-state index in [0.717, 1.165) is 11.1 Å². The summed E-state index contributed by atoms with van der Waals surface area (Å²) in [5.41, 5.74) is 1.83. The number of amides is 1. The number of hydrogen-bond donors (Lipinski definition) is 1. The number of nitrogens with one attached hydrogen (secondary N) is 1. The van der Waals surface area contributed by atoms with Gasteiger partial charge in [0.15, 0.2) is 0 Å². The molecule has 0 aliphatic carbocycles. The molecule has 0 saturated heterocycles. The van der Waals surface area contributed by atoms with E-state index >= 15 is 0 Å². The molecule has 0 fully saturated rings. The second-order valence-electron chi connectivity index (χ2n) is 5.41. The molecule has 0 atom stereocenters. The Morgan fingerprint density at radius 2 is 1.96 bits per heavy atom. The molecule has 0 bridgehead atoms. The van der Waals surface area contributed by atoms with Gasteiger partial charge in [0.1, 0.15) is 17.3 Å². The van der Waals surface area contributed by atoms with Gasteiger partial charge in [0, 0.05) is 24.4 Å². The molecule has 0 spiro atoms. The Hall–Kier alpha value is -2.95. The molecule has 1 N–H and O–H groups in total. The maximum Gasteiger partial charge on any atom is 0.220 e. The van der Waals surface area contributed by atoms with E-state index in [1.807, 2.05) is 18.2 Å². The van der Waals surface area contributed by atoms with E-state index in [2.05, 4.69) is 10.3 Å². The molecule has 1 amide bonds. The fourth-order valence-corrected chi connectivity index (χ4v) is 2.32. The molecule has 0 radical (unpaired) electrons. The zero-order chi connectivity index (χ0) is 16.8. The minimum Gasteiger partial charge on any atom is -0.459 e. The summed E-state index contributed by atoms with van der Waals surface area (Å²) in [6.07, 6.45) is 4.52. The van der Waals surface area contributed by atoms with Gasteiger partial charge in [0.25, 0.3) is 0 Å². The molecule has 5 heteroatoms. The van der Waals surface area contributed by atoms with Crippen molar-refractivity contribution in [3.05, 3.63) is 78.1 Å². The topological polar surface area (TPSA) is 55.1 Å². The van der Waals surface area contributed by atoms with Crippen LogP contribution in [-0.4, -0.2) is 10.9 Å². The first-order chi connectivity index (χ1) is 11.7. The predicted molar refractivity (Wildman–Crippen MR) is 88.5 cm³/mol. The van der Waals surface area contributed by atoms with Crippen molar-refractivity contribution in [2.75, 3.05) is 0 Å². The van der Waals surface area contributed by atoms with Crippen LogP contribution < -0.4 is 5.32 Å². The van der Waals surface area contributed by atoms with Crippen molar-refractivity contribution < 1.29 is 13.6 Å². The van der Waals surface area contributed by atoms with Gasteiger partial charge in [0.2, 0.25) is 5.91 Å². The van der Waals surface area contributed by atoms with Crippen molar-refractivity contribution in [3.8, 4) is 11.3 Å². The van der Waals surface area contributed by atoms with Crippen LogP contribution in [0.2, 0.25) is 0 Å². The summed E-state index contributed by atoms with van der Waals surface area (Å²) in [6.45, 7) is 0.326. The Balaban J connectivity index is 1.50. The number of halogens is 1. The molecule has 3 aromatic rings. The summed E-state index contributed by atoms with van der Waals surface area (Å²) >= 11 is 0. The third-order valence-electron chi connectivity index (χ3n) is 3.61. The molecule has 0 aliphatic rings. The molecule has 1 aromatic carbocycles. The number of rotatable bonds is 6. The van der Waals surface area contributed by atoms with E-state index in [-0.39, 0.29) is 11.7 Å². The summed E-state index contributed by atoms with van der Waals surface area (Å²) in [4.78, 5) is 15.9. The van der Waals surface area contributed by atoms with Gasteiger partial charge in [-0.15, -0.1) is 0 Å². The average molecular weight is 324 g/mol. The highest BCUT2D eigenvalue weighted by atomic mass is 19.1. The largest absolute Gasteiger partial charge is 0.459 e. The highest BCUT2D eigenvalue weighted by Gasteiger charge is 2.07. The van der Waals surface area contributed by atoms with E-state index in [9.17, 15) is 9.18 Å². The highest BCUT2D eigenvalue weighted by Crippen LogP contribution is 2.22. The van der Waals surface area contributed by atoms with Gasteiger partial charge >= 0.3 is 0 Å². The zero-order valence-electron chi connectivity index (χ0n) is 13.0. The number of carbonyl (C=O) groups is 1. The molecule has 3 rings (SSSR count). The molecule has 24 heavy (non-hydrogen) atoms. The quantitative estimate of drug-likeness (QED) is 0.751. The second-order valence-corrected chi connectivity index (χ2v) is 5.41. The van der Waals surface area contributed by atoms with Crippen LogP contribution in [-0.2, 0) is 17.8 Å². The monoisotopic (exact) mass is 324 g/mol. The van der Waals surface area contributed by atoms with Crippen LogP contribution in [0.4, 0.5) is 4.39 Å². The predicted octanol–water partition coefficient (Wildman–Crippen LogP) is 3.73. The lowest BCUT2D eigenvalue weighted by Crippen LogP contribution is -2.22. The van der Waals surface area contributed by atoms with Crippen LogP contribution in [0.1, 0.15) is 17.7 Å². The van der Waals surface area contributed by atoms with Crippen molar-refractivity contribution in [1.29, 1.82) is 0 Å². The van der Waals surface area contributed by atoms with Crippen LogP contribution in [0, 0.1) is 5.82 Å². The number of nitrogens with zero attached hydrogens (tertiary/aromatic N) is 1. The van der Waals surface area contributed by atoms with E-state index in [1.54, 1.807) is 30.6 Å². The average Bonchev–Trinajstić information content (AvgIpc) is 3.09. The van der Waals surface area contributed by atoms with E-state index in [4.69, 9.17) is 4.42 Å². The lowest BCUT2D eigenvalue weighted by molar-refractivity contribution is -0.121. The fourth-order valence-electron chi connectivity index (χ4n) is 2.32. The molecule has 122 valence electrons. The Morgan fingerprint density at radius 3 is 2.71 bits per heavy atom. The Bertz CT molecular complexity index is 798. The first-order valence-corrected chi connectivity index (χ1v) is 7.71. The van der Waals surface area contributed by atoms with Gasteiger partial charge in [-0.1, -0.05) is 6.07 Å². The number of hydrogen-bond acceptors (Lipinski definition) is 3. The molecule has 0 aliphatic heterocycles. The normalized spacial score (nSPS) is 10.5. The van der Waals surface area contributed by atoms with E-state index in [1.165, 1.54) is 12.1 Å². The molecule has 4 nitrogen and oxygen atoms in total. The lowest BCUT2D eigenvalue weighted by atomic mass is 10.1. The number of aromatic nitrogens is 1. The fraction of sp³-hybridized carbons (Fsp3) is 0.158. The summed E-state index contributed by atoms with van der Waals surface area (Å²) in [6, 6.07) is 13.5. The third kappa shape index (κ3) is 4.29. The minimum absolute atomic E-state index is 0.0430. The van der Waals surface area contributed by atoms with E-state index < -0.39 is 0 Å². The first kappa shape index (κ1) is 15.9. The van der Waals surface area contributed by atoms with Crippen LogP contribution in [0.3, 0.4) is 0 Å².